The van der Waals surface area contributed by atoms with Gasteiger partial charge in [-0.2, -0.15) is 0 Å². The first-order valence-electron chi connectivity index (χ1n) is 37.0. The molecule has 0 fully saturated rings. The molecule has 1 atom stereocenters. The van der Waals surface area contributed by atoms with E-state index in [1.165, 1.54) is 308 Å². The number of esters is 3. The molecule has 0 amide bonds. The summed E-state index contributed by atoms with van der Waals surface area (Å²) in [6, 6.07) is 0. The van der Waals surface area contributed by atoms with E-state index in [2.05, 4.69) is 57.2 Å². The Morgan fingerprint density at radius 1 is 0.244 bits per heavy atom. The van der Waals surface area contributed by atoms with Gasteiger partial charge in [0.1, 0.15) is 13.2 Å². The molecule has 0 N–H and O–H groups in total. The van der Waals surface area contributed by atoms with E-state index in [1.807, 2.05) is 0 Å². The third-order valence-corrected chi connectivity index (χ3v) is 16.9. The Balaban J connectivity index is 3.94. The van der Waals surface area contributed by atoms with Gasteiger partial charge in [0.05, 0.1) is 0 Å². The van der Waals surface area contributed by atoms with Crippen LogP contribution in [0.1, 0.15) is 412 Å². The SMILES string of the molecule is CCCCCCC/C=C\C/C=C\CCCCCCCCCCCCCCCCCCCCCC(=O)OCC(COC(=O)CCCCCCCC)OC(=O)CCCCCCCCCCCCCCCCC/C=C\CCCCCCCCCC. The molecule has 6 heteroatoms. The molecular weight excluding hydrogens is 1010 g/mol. The fourth-order valence-electron chi connectivity index (χ4n) is 11.3. The standard InChI is InChI=1S/C76H142O6/c1-4-7-10-13-16-18-20-22-24-26-28-30-32-34-36-37-38-39-41-42-44-46-48-50-52-54-56-58-60-63-66-69-75(78)81-72-73(71-80-74(77)68-65-62-15-12-9-6-3)82-76(79)70-67-64-61-59-57-55-53-51-49-47-45-43-40-35-33-31-29-27-25-23-21-19-17-14-11-8-5-2/h20,22,26-29,73H,4-19,21,23-25,30-72H2,1-3H3/b22-20-,28-26-,29-27-. The number of ether oxygens (including phenoxy) is 3. The van der Waals surface area contributed by atoms with E-state index in [4.69, 9.17) is 14.2 Å². The van der Waals surface area contributed by atoms with Crippen LogP contribution >= 0.6 is 0 Å². The van der Waals surface area contributed by atoms with Gasteiger partial charge in [0.15, 0.2) is 6.10 Å². The van der Waals surface area contributed by atoms with Crippen molar-refractivity contribution in [2.24, 2.45) is 0 Å². The van der Waals surface area contributed by atoms with E-state index in [1.54, 1.807) is 0 Å². The summed E-state index contributed by atoms with van der Waals surface area (Å²) >= 11 is 0. The lowest BCUT2D eigenvalue weighted by Crippen LogP contribution is -2.30. The van der Waals surface area contributed by atoms with Crippen molar-refractivity contribution in [3.8, 4) is 0 Å². The summed E-state index contributed by atoms with van der Waals surface area (Å²) in [7, 11) is 0. The number of hydrogen-bond acceptors (Lipinski definition) is 6. The van der Waals surface area contributed by atoms with Gasteiger partial charge in [-0.3, -0.25) is 14.4 Å². The number of rotatable bonds is 69. The van der Waals surface area contributed by atoms with Gasteiger partial charge in [0.2, 0.25) is 0 Å². The molecule has 0 spiro atoms. The highest BCUT2D eigenvalue weighted by atomic mass is 16.6. The molecule has 0 aromatic rings. The van der Waals surface area contributed by atoms with Crippen LogP contribution in [0.4, 0.5) is 0 Å². The van der Waals surface area contributed by atoms with Crippen molar-refractivity contribution in [2.75, 3.05) is 13.2 Å². The van der Waals surface area contributed by atoms with Gasteiger partial charge in [-0.1, -0.05) is 353 Å². The van der Waals surface area contributed by atoms with Crippen molar-refractivity contribution in [1.29, 1.82) is 0 Å². The zero-order valence-electron chi connectivity index (χ0n) is 55.5. The van der Waals surface area contributed by atoms with E-state index >= 15 is 0 Å². The number of carbonyl (C=O) groups is 3. The third kappa shape index (κ3) is 68.4. The number of allylic oxidation sites excluding steroid dienone is 6. The molecule has 0 radical (unpaired) electrons. The van der Waals surface area contributed by atoms with E-state index in [0.29, 0.717) is 19.3 Å². The third-order valence-electron chi connectivity index (χ3n) is 16.9. The normalized spacial score (nSPS) is 12.2. The van der Waals surface area contributed by atoms with Crippen LogP contribution in [0.25, 0.3) is 0 Å². The molecule has 82 heavy (non-hydrogen) atoms. The van der Waals surface area contributed by atoms with Crippen LogP contribution in [0.2, 0.25) is 0 Å². The Morgan fingerprint density at radius 2 is 0.439 bits per heavy atom. The van der Waals surface area contributed by atoms with E-state index in [0.717, 1.165) is 64.2 Å². The molecule has 0 saturated carbocycles. The van der Waals surface area contributed by atoms with Crippen LogP contribution in [0, 0.1) is 0 Å². The van der Waals surface area contributed by atoms with Gasteiger partial charge in [-0.15, -0.1) is 0 Å². The molecule has 0 heterocycles. The van der Waals surface area contributed by atoms with Crippen molar-refractivity contribution in [3.63, 3.8) is 0 Å². The average Bonchev–Trinajstić information content (AvgIpc) is 3.47. The minimum atomic E-state index is -0.767. The summed E-state index contributed by atoms with van der Waals surface area (Å²) in [5.74, 6) is -0.848. The number of hydrogen-bond donors (Lipinski definition) is 0. The van der Waals surface area contributed by atoms with E-state index in [9.17, 15) is 14.4 Å². The summed E-state index contributed by atoms with van der Waals surface area (Å²) in [5.41, 5.74) is 0. The maximum absolute atomic E-state index is 12.9. The first-order chi connectivity index (χ1) is 40.5. The van der Waals surface area contributed by atoms with Gasteiger partial charge in [0.25, 0.3) is 0 Å². The molecular formula is C76H142O6. The van der Waals surface area contributed by atoms with Crippen molar-refractivity contribution >= 4 is 17.9 Å². The summed E-state index contributed by atoms with van der Waals surface area (Å²) in [6.07, 6.45) is 89.5. The number of unbranched alkanes of at least 4 members (excludes halogenated alkanes) is 52. The molecule has 482 valence electrons. The van der Waals surface area contributed by atoms with Crippen LogP contribution in [0.15, 0.2) is 36.5 Å². The Kier molecular flexibility index (Phi) is 69.1. The summed E-state index contributed by atoms with van der Waals surface area (Å²) in [4.78, 5) is 38.1. The number of carbonyl (C=O) groups excluding carboxylic acids is 3. The minimum absolute atomic E-state index is 0.0662. The fraction of sp³-hybridized carbons (Fsp3) is 0.882. The van der Waals surface area contributed by atoms with Gasteiger partial charge in [-0.25, -0.2) is 0 Å². The second-order valence-corrected chi connectivity index (χ2v) is 25.2. The van der Waals surface area contributed by atoms with Crippen molar-refractivity contribution in [1.82, 2.24) is 0 Å². The fourth-order valence-corrected chi connectivity index (χ4v) is 11.3. The second kappa shape index (κ2) is 71.1. The molecule has 0 rings (SSSR count). The maximum atomic E-state index is 12.9. The van der Waals surface area contributed by atoms with Crippen molar-refractivity contribution < 1.29 is 28.6 Å². The summed E-state index contributed by atoms with van der Waals surface area (Å²) < 4.78 is 16.9. The topological polar surface area (TPSA) is 78.9 Å². The van der Waals surface area contributed by atoms with E-state index < -0.39 is 6.10 Å². The van der Waals surface area contributed by atoms with Crippen LogP contribution < -0.4 is 0 Å². The highest BCUT2D eigenvalue weighted by molar-refractivity contribution is 5.71. The van der Waals surface area contributed by atoms with Gasteiger partial charge in [0, 0.05) is 19.3 Å². The average molecular weight is 1150 g/mol. The smallest absolute Gasteiger partial charge is 0.306 e. The quantitative estimate of drug-likeness (QED) is 0.0261. The molecule has 0 aliphatic rings. The first kappa shape index (κ1) is 79.6. The predicted octanol–water partition coefficient (Wildman–Crippen LogP) is 25.5. The molecule has 0 aliphatic carbocycles. The molecule has 1 unspecified atom stereocenters. The van der Waals surface area contributed by atoms with Crippen LogP contribution in [-0.2, 0) is 28.6 Å². The van der Waals surface area contributed by atoms with Crippen LogP contribution in [0.3, 0.4) is 0 Å². The van der Waals surface area contributed by atoms with Crippen molar-refractivity contribution in [3.05, 3.63) is 36.5 Å². The summed E-state index contributed by atoms with van der Waals surface area (Å²) in [6.45, 7) is 6.64. The molecule has 0 bridgehead atoms. The Bertz CT molecular complexity index is 1370. The van der Waals surface area contributed by atoms with Crippen LogP contribution in [-0.4, -0.2) is 37.2 Å². The Hall–Kier alpha value is -2.37. The monoisotopic (exact) mass is 1150 g/mol. The lowest BCUT2D eigenvalue weighted by Gasteiger charge is -2.18. The van der Waals surface area contributed by atoms with Gasteiger partial charge in [-0.05, 0) is 77.0 Å². The molecule has 0 aliphatic heterocycles. The molecule has 0 aromatic carbocycles. The maximum Gasteiger partial charge on any atom is 0.306 e. The Morgan fingerprint density at radius 3 is 0.683 bits per heavy atom. The lowest BCUT2D eigenvalue weighted by atomic mass is 10.0. The summed E-state index contributed by atoms with van der Waals surface area (Å²) in [5, 5.41) is 0. The largest absolute Gasteiger partial charge is 0.462 e. The molecule has 0 aromatic heterocycles. The molecule has 0 saturated heterocycles. The van der Waals surface area contributed by atoms with E-state index in [-0.39, 0.29) is 31.1 Å². The van der Waals surface area contributed by atoms with Crippen LogP contribution in [0.5, 0.6) is 0 Å². The Labute approximate surface area is 512 Å². The highest BCUT2D eigenvalue weighted by Crippen LogP contribution is 2.19. The van der Waals surface area contributed by atoms with Gasteiger partial charge < -0.3 is 14.2 Å². The first-order valence-corrected chi connectivity index (χ1v) is 37.0. The van der Waals surface area contributed by atoms with Gasteiger partial charge >= 0.3 is 17.9 Å². The molecule has 6 nitrogen and oxygen atoms in total. The lowest BCUT2D eigenvalue weighted by molar-refractivity contribution is -0.167. The highest BCUT2D eigenvalue weighted by Gasteiger charge is 2.19. The second-order valence-electron chi connectivity index (χ2n) is 25.2. The zero-order valence-corrected chi connectivity index (χ0v) is 55.5. The predicted molar refractivity (Wildman–Crippen MR) is 358 cm³/mol. The minimum Gasteiger partial charge on any atom is -0.462 e. The zero-order chi connectivity index (χ0) is 59.2. The van der Waals surface area contributed by atoms with Crippen molar-refractivity contribution in [2.45, 2.75) is 419 Å².